The maximum atomic E-state index is 14.7. The monoisotopic (exact) mass is 480 g/mol. The standard InChI is InChI=1S/C22H16F4N2O4S/c23-17-10-13(12-33(30,31)15-3-1-2-14(11-15)22(24,25)26)4-6-19(17)32-18-8-9-27-21-16(18)5-7-20(29)28-21/h1-4,6,8-11H,5,7,12H2,(H,27,28,29). The van der Waals surface area contributed by atoms with Crippen LogP contribution in [0, 0.1) is 5.82 Å². The van der Waals surface area contributed by atoms with Crippen molar-refractivity contribution in [2.24, 2.45) is 0 Å². The van der Waals surface area contributed by atoms with Gasteiger partial charge in [-0.15, -0.1) is 0 Å². The van der Waals surface area contributed by atoms with Crippen molar-refractivity contribution in [2.75, 3.05) is 5.32 Å². The van der Waals surface area contributed by atoms with Gasteiger partial charge in [0.25, 0.3) is 0 Å². The van der Waals surface area contributed by atoms with Gasteiger partial charge >= 0.3 is 6.18 Å². The van der Waals surface area contributed by atoms with Crippen molar-refractivity contribution in [1.82, 2.24) is 4.98 Å². The molecule has 0 bridgehead atoms. The molecule has 0 aliphatic carbocycles. The van der Waals surface area contributed by atoms with Gasteiger partial charge in [0.15, 0.2) is 21.4 Å². The Kier molecular flexibility index (Phi) is 5.83. The number of nitrogens with one attached hydrogen (secondary N) is 1. The first-order valence-corrected chi connectivity index (χ1v) is 11.3. The number of fused-ring (bicyclic) bond motifs is 1. The molecule has 4 rings (SSSR count). The Bertz CT molecular complexity index is 1340. The molecule has 1 N–H and O–H groups in total. The Morgan fingerprint density at radius 1 is 1.03 bits per heavy atom. The Balaban J connectivity index is 1.55. The summed E-state index contributed by atoms with van der Waals surface area (Å²) < 4.78 is 84.2. The van der Waals surface area contributed by atoms with Crippen LogP contribution in [0.4, 0.5) is 23.4 Å². The van der Waals surface area contributed by atoms with E-state index in [1.165, 1.54) is 24.4 Å². The highest BCUT2D eigenvalue weighted by atomic mass is 32.2. The molecule has 2 heterocycles. The van der Waals surface area contributed by atoms with Gasteiger partial charge in [0, 0.05) is 18.2 Å². The summed E-state index contributed by atoms with van der Waals surface area (Å²) in [6, 6.07) is 8.41. The largest absolute Gasteiger partial charge is 0.454 e. The Hall–Kier alpha value is -3.47. The second kappa shape index (κ2) is 8.47. The predicted octanol–water partition coefficient (Wildman–Crippen LogP) is 4.89. The van der Waals surface area contributed by atoms with Gasteiger partial charge in [-0.25, -0.2) is 17.8 Å². The number of aromatic nitrogens is 1. The minimum atomic E-state index is -4.69. The number of amides is 1. The van der Waals surface area contributed by atoms with Gasteiger partial charge in [-0.2, -0.15) is 13.2 Å². The first-order valence-electron chi connectivity index (χ1n) is 9.67. The molecule has 0 saturated carbocycles. The predicted molar refractivity (Wildman–Crippen MR) is 110 cm³/mol. The lowest BCUT2D eigenvalue weighted by Crippen LogP contribution is -2.20. The summed E-state index contributed by atoms with van der Waals surface area (Å²) in [5.74, 6) is -1.29. The van der Waals surface area contributed by atoms with Crippen LogP contribution in [-0.2, 0) is 33.0 Å². The maximum Gasteiger partial charge on any atom is 0.416 e. The normalized spacial score (nSPS) is 13.9. The number of halogens is 4. The Labute approximate surface area is 186 Å². The molecule has 0 fully saturated rings. The van der Waals surface area contributed by atoms with Crippen molar-refractivity contribution in [1.29, 1.82) is 0 Å². The smallest absolute Gasteiger partial charge is 0.416 e. The second-order valence-electron chi connectivity index (χ2n) is 7.34. The SMILES string of the molecule is O=C1CCc2c(Oc3ccc(CS(=O)(=O)c4cccc(C(F)(F)F)c4)cc3F)ccnc2N1. The number of benzene rings is 2. The molecule has 33 heavy (non-hydrogen) atoms. The topological polar surface area (TPSA) is 85.4 Å². The minimum absolute atomic E-state index is 0.0429. The van der Waals surface area contributed by atoms with Crippen LogP contribution in [0.5, 0.6) is 11.5 Å². The van der Waals surface area contributed by atoms with Crippen molar-refractivity contribution in [2.45, 2.75) is 29.7 Å². The summed E-state index contributed by atoms with van der Waals surface area (Å²) in [5.41, 5.74) is -0.440. The molecule has 0 saturated heterocycles. The molecule has 0 unspecified atom stereocenters. The fourth-order valence-corrected chi connectivity index (χ4v) is 4.73. The number of pyridine rings is 1. The number of alkyl halides is 3. The summed E-state index contributed by atoms with van der Waals surface area (Å²) in [6.07, 6.45) is -2.71. The summed E-state index contributed by atoms with van der Waals surface area (Å²) in [7, 11) is -4.16. The van der Waals surface area contributed by atoms with E-state index in [9.17, 15) is 30.8 Å². The summed E-state index contributed by atoms with van der Waals surface area (Å²) in [4.78, 5) is 15.1. The van der Waals surface area contributed by atoms with Crippen LogP contribution in [0.1, 0.15) is 23.1 Å². The first-order chi connectivity index (χ1) is 15.5. The van der Waals surface area contributed by atoms with Gasteiger partial charge in [0.1, 0.15) is 11.6 Å². The molecule has 11 heteroatoms. The summed E-state index contributed by atoms with van der Waals surface area (Å²) in [5, 5.41) is 2.60. The van der Waals surface area contributed by atoms with Gasteiger partial charge in [0.2, 0.25) is 5.91 Å². The number of sulfone groups is 1. The van der Waals surface area contributed by atoms with E-state index in [1.807, 2.05) is 0 Å². The lowest BCUT2D eigenvalue weighted by molar-refractivity contribution is -0.137. The molecular formula is C22H16F4N2O4S. The van der Waals surface area contributed by atoms with Crippen LogP contribution < -0.4 is 10.1 Å². The molecule has 172 valence electrons. The molecule has 0 spiro atoms. The number of hydrogen-bond donors (Lipinski definition) is 1. The molecule has 1 amide bonds. The molecule has 0 atom stereocenters. The van der Waals surface area contributed by atoms with Crippen LogP contribution in [-0.4, -0.2) is 19.3 Å². The van der Waals surface area contributed by atoms with Crippen molar-refractivity contribution >= 4 is 21.6 Å². The highest BCUT2D eigenvalue weighted by molar-refractivity contribution is 7.90. The van der Waals surface area contributed by atoms with Gasteiger partial charge < -0.3 is 10.1 Å². The van der Waals surface area contributed by atoms with E-state index in [0.29, 0.717) is 29.6 Å². The maximum absolute atomic E-state index is 14.7. The van der Waals surface area contributed by atoms with Gasteiger partial charge in [-0.1, -0.05) is 12.1 Å². The van der Waals surface area contributed by atoms with Crippen molar-refractivity contribution in [3.63, 3.8) is 0 Å². The van der Waals surface area contributed by atoms with Crippen LogP contribution in [0.2, 0.25) is 0 Å². The molecule has 0 radical (unpaired) electrons. The van der Waals surface area contributed by atoms with Crippen LogP contribution in [0.25, 0.3) is 0 Å². The zero-order valence-electron chi connectivity index (χ0n) is 16.8. The van der Waals surface area contributed by atoms with Gasteiger partial charge in [-0.3, -0.25) is 4.79 Å². The molecule has 1 aromatic heterocycles. The number of carbonyl (C=O) groups excluding carboxylic acids is 1. The van der Waals surface area contributed by atoms with E-state index in [-0.39, 0.29) is 23.6 Å². The number of anilines is 1. The third kappa shape index (κ3) is 4.98. The average Bonchev–Trinajstić information content (AvgIpc) is 2.75. The number of hydrogen-bond acceptors (Lipinski definition) is 5. The fourth-order valence-electron chi connectivity index (χ4n) is 3.36. The molecule has 3 aromatic rings. The number of rotatable bonds is 5. The lowest BCUT2D eigenvalue weighted by Gasteiger charge is -2.19. The molecule has 1 aliphatic heterocycles. The van der Waals surface area contributed by atoms with Crippen LogP contribution in [0.3, 0.4) is 0 Å². The van der Waals surface area contributed by atoms with E-state index in [0.717, 1.165) is 24.3 Å². The number of ether oxygens (including phenoxy) is 1. The zero-order chi connectivity index (χ0) is 23.8. The van der Waals surface area contributed by atoms with Gasteiger partial charge in [0.05, 0.1) is 16.2 Å². The highest BCUT2D eigenvalue weighted by Crippen LogP contribution is 2.34. The molecule has 2 aromatic carbocycles. The van der Waals surface area contributed by atoms with Gasteiger partial charge in [-0.05, 0) is 48.4 Å². The van der Waals surface area contributed by atoms with Crippen molar-refractivity contribution in [3.05, 3.63) is 77.2 Å². The van der Waals surface area contributed by atoms with Crippen LogP contribution in [0.15, 0.2) is 59.6 Å². The third-order valence-electron chi connectivity index (χ3n) is 4.97. The summed E-state index contributed by atoms with van der Waals surface area (Å²) in [6.45, 7) is 0. The van der Waals surface area contributed by atoms with E-state index < -0.39 is 38.0 Å². The average molecular weight is 480 g/mol. The number of nitrogens with zero attached hydrogens (tertiary/aromatic N) is 1. The lowest BCUT2D eigenvalue weighted by atomic mass is 10.1. The fraction of sp³-hybridized carbons (Fsp3) is 0.182. The number of carbonyl (C=O) groups is 1. The highest BCUT2D eigenvalue weighted by Gasteiger charge is 2.31. The Morgan fingerprint density at radius 2 is 1.82 bits per heavy atom. The summed E-state index contributed by atoms with van der Waals surface area (Å²) >= 11 is 0. The van der Waals surface area contributed by atoms with E-state index in [4.69, 9.17) is 4.74 Å². The molecule has 1 aliphatic rings. The molecular weight excluding hydrogens is 464 g/mol. The second-order valence-corrected chi connectivity index (χ2v) is 9.33. The van der Waals surface area contributed by atoms with Crippen LogP contribution >= 0.6 is 0 Å². The van der Waals surface area contributed by atoms with E-state index in [2.05, 4.69) is 10.3 Å². The first kappa shape index (κ1) is 22.7. The zero-order valence-corrected chi connectivity index (χ0v) is 17.6. The van der Waals surface area contributed by atoms with Crippen molar-refractivity contribution in [3.8, 4) is 11.5 Å². The molecule has 6 nitrogen and oxygen atoms in total. The quantitative estimate of drug-likeness (QED) is 0.526. The van der Waals surface area contributed by atoms with E-state index in [1.54, 1.807) is 0 Å². The Morgan fingerprint density at radius 3 is 2.55 bits per heavy atom. The van der Waals surface area contributed by atoms with E-state index >= 15 is 0 Å². The third-order valence-corrected chi connectivity index (χ3v) is 6.65. The van der Waals surface area contributed by atoms with Crippen molar-refractivity contribution < 1.29 is 35.5 Å². The minimum Gasteiger partial charge on any atom is -0.454 e.